The van der Waals surface area contributed by atoms with Crippen LogP contribution in [0.25, 0.3) is 41.7 Å². The first-order valence-corrected chi connectivity index (χ1v) is 18.3. The number of anilines is 3. The maximum atomic E-state index is 5.23. The van der Waals surface area contributed by atoms with Crippen molar-refractivity contribution in [2.24, 2.45) is 9.98 Å². The molecular formula is C47H32N4S. The predicted molar refractivity (Wildman–Crippen MR) is 221 cm³/mol. The maximum Gasteiger partial charge on any atom is 0.159 e. The largest absolute Gasteiger partial charge is 0.344 e. The Morgan fingerprint density at radius 1 is 0.519 bits per heavy atom. The summed E-state index contributed by atoms with van der Waals surface area (Å²) in [4.78, 5) is 12.7. The van der Waals surface area contributed by atoms with E-state index in [2.05, 4.69) is 168 Å². The molecular weight excluding hydrogens is 653 g/mol. The number of nitrogens with one attached hydrogen (secondary N) is 1. The molecule has 5 heteroatoms. The van der Waals surface area contributed by atoms with Crippen LogP contribution in [0, 0.1) is 0 Å². The number of aliphatic imine (C=N–C) groups is 2. The fraction of sp³-hybridized carbons (Fsp3) is 0.0213. The molecule has 1 N–H and O–H groups in total. The number of thiophene rings is 1. The van der Waals surface area contributed by atoms with Crippen molar-refractivity contribution in [1.29, 1.82) is 0 Å². The Bertz CT molecular complexity index is 2820. The van der Waals surface area contributed by atoms with Crippen molar-refractivity contribution in [2.45, 2.75) is 6.17 Å². The van der Waals surface area contributed by atoms with E-state index < -0.39 is 0 Å². The minimum atomic E-state index is -0.271. The first kappa shape index (κ1) is 30.3. The van der Waals surface area contributed by atoms with E-state index in [4.69, 9.17) is 9.98 Å². The standard InChI is InChI=1S/C47H32N4S/c1-4-15-32(16-5-1)45-48-46(33-17-6-2-7-18-33)50-47(49-45)41-29-35-20-12-13-23-39(35)43-40-27-26-38(30-42(40)52-44(41)43)51(36-21-8-3-9-22-36)37-25-24-31-14-10-11-19-34(31)28-37/h1-30,45H,(H,48,49,50). The van der Waals surface area contributed by atoms with Gasteiger partial charge in [0.1, 0.15) is 12.0 Å². The van der Waals surface area contributed by atoms with Gasteiger partial charge in [-0.15, -0.1) is 11.3 Å². The average Bonchev–Trinajstić information content (AvgIpc) is 3.61. The highest BCUT2D eigenvalue weighted by atomic mass is 32.1. The van der Waals surface area contributed by atoms with E-state index in [9.17, 15) is 0 Å². The monoisotopic (exact) mass is 684 g/mol. The Hall–Kier alpha value is -6.56. The Balaban J connectivity index is 1.18. The number of benzene rings is 8. The van der Waals surface area contributed by atoms with Gasteiger partial charge in [0.15, 0.2) is 5.84 Å². The summed E-state index contributed by atoms with van der Waals surface area (Å²) in [6.45, 7) is 0. The minimum Gasteiger partial charge on any atom is -0.344 e. The van der Waals surface area contributed by atoms with Crippen LogP contribution in [-0.4, -0.2) is 11.7 Å². The summed E-state index contributed by atoms with van der Waals surface area (Å²) >= 11 is 1.83. The number of nitrogens with zero attached hydrogens (tertiary/aromatic N) is 3. The average molecular weight is 685 g/mol. The zero-order chi connectivity index (χ0) is 34.4. The van der Waals surface area contributed by atoms with Crippen molar-refractivity contribution in [1.82, 2.24) is 5.32 Å². The van der Waals surface area contributed by atoms with Crippen LogP contribution in [0.3, 0.4) is 0 Å². The molecule has 9 aromatic rings. The SMILES string of the molecule is c1ccc(C2=NC(c3ccccc3)NC(c3cc4ccccc4c4c3sc3cc(N(c5ccccc5)c5ccc6ccccc6c5)ccc34)=N2)cc1. The van der Waals surface area contributed by atoms with Crippen LogP contribution in [0.5, 0.6) is 0 Å². The van der Waals surface area contributed by atoms with Gasteiger partial charge in [0, 0.05) is 48.4 Å². The molecule has 4 nitrogen and oxygen atoms in total. The molecule has 1 atom stereocenters. The van der Waals surface area contributed by atoms with Crippen LogP contribution in [0.15, 0.2) is 192 Å². The Labute approximate surface area is 305 Å². The smallest absolute Gasteiger partial charge is 0.159 e. The third kappa shape index (κ3) is 5.31. The lowest BCUT2D eigenvalue weighted by Crippen LogP contribution is -2.33. The Morgan fingerprint density at radius 3 is 1.98 bits per heavy atom. The first-order chi connectivity index (χ1) is 25.8. The molecule has 2 heterocycles. The molecule has 8 aromatic carbocycles. The van der Waals surface area contributed by atoms with Crippen molar-refractivity contribution >= 4 is 81.8 Å². The molecule has 0 saturated heterocycles. The molecule has 0 bridgehead atoms. The lowest BCUT2D eigenvalue weighted by atomic mass is 9.99. The highest BCUT2D eigenvalue weighted by Gasteiger charge is 2.25. The Morgan fingerprint density at radius 2 is 1.17 bits per heavy atom. The fourth-order valence-corrected chi connectivity index (χ4v) is 8.64. The highest BCUT2D eigenvalue weighted by molar-refractivity contribution is 7.26. The van der Waals surface area contributed by atoms with Crippen molar-refractivity contribution in [2.75, 3.05) is 4.90 Å². The molecule has 1 aliphatic heterocycles. The zero-order valence-corrected chi connectivity index (χ0v) is 29.0. The van der Waals surface area contributed by atoms with E-state index in [0.717, 1.165) is 45.4 Å². The number of hydrogen-bond acceptors (Lipinski definition) is 5. The first-order valence-electron chi connectivity index (χ1n) is 17.5. The molecule has 0 aliphatic carbocycles. The number of fused-ring (bicyclic) bond motifs is 6. The van der Waals surface area contributed by atoms with Gasteiger partial charge in [-0.2, -0.15) is 0 Å². The van der Waals surface area contributed by atoms with E-state index in [-0.39, 0.29) is 6.17 Å². The molecule has 0 amide bonds. The minimum absolute atomic E-state index is 0.271. The maximum absolute atomic E-state index is 5.23. The van der Waals surface area contributed by atoms with Gasteiger partial charge < -0.3 is 10.2 Å². The molecule has 1 aliphatic rings. The van der Waals surface area contributed by atoms with Crippen LogP contribution < -0.4 is 10.2 Å². The van der Waals surface area contributed by atoms with Gasteiger partial charge in [0.05, 0.1) is 0 Å². The Kier molecular flexibility index (Phi) is 7.36. The molecule has 52 heavy (non-hydrogen) atoms. The van der Waals surface area contributed by atoms with E-state index in [1.54, 1.807) is 0 Å². The van der Waals surface area contributed by atoms with Gasteiger partial charge in [-0.3, -0.25) is 0 Å². The van der Waals surface area contributed by atoms with E-state index in [0.29, 0.717) is 0 Å². The molecule has 0 radical (unpaired) electrons. The molecule has 1 unspecified atom stereocenters. The van der Waals surface area contributed by atoms with Crippen LogP contribution >= 0.6 is 11.3 Å². The summed E-state index contributed by atoms with van der Waals surface area (Å²) in [5, 5.41) is 11.1. The number of rotatable bonds is 6. The summed E-state index contributed by atoms with van der Waals surface area (Å²) in [5.74, 6) is 1.55. The summed E-state index contributed by atoms with van der Waals surface area (Å²) in [6.07, 6.45) is -0.271. The van der Waals surface area contributed by atoms with Crippen LogP contribution in [-0.2, 0) is 0 Å². The van der Waals surface area contributed by atoms with Gasteiger partial charge in [0.25, 0.3) is 0 Å². The van der Waals surface area contributed by atoms with Gasteiger partial charge >= 0.3 is 0 Å². The lowest BCUT2D eigenvalue weighted by Gasteiger charge is -2.26. The highest BCUT2D eigenvalue weighted by Crippen LogP contribution is 2.44. The lowest BCUT2D eigenvalue weighted by molar-refractivity contribution is 0.674. The molecule has 1 aromatic heterocycles. The van der Waals surface area contributed by atoms with E-state index in [1.807, 2.05) is 35.6 Å². The number of amidine groups is 2. The number of para-hydroxylation sites is 1. The van der Waals surface area contributed by atoms with Crippen molar-refractivity contribution in [3.63, 3.8) is 0 Å². The third-order valence-corrected chi connectivity index (χ3v) is 11.0. The fourth-order valence-electron chi connectivity index (χ4n) is 7.38. The predicted octanol–water partition coefficient (Wildman–Crippen LogP) is 12.3. The van der Waals surface area contributed by atoms with E-state index in [1.165, 1.54) is 41.7 Å². The van der Waals surface area contributed by atoms with Crippen LogP contribution in [0.2, 0.25) is 0 Å². The second-order valence-corrected chi connectivity index (χ2v) is 14.1. The van der Waals surface area contributed by atoms with Gasteiger partial charge in [0.2, 0.25) is 0 Å². The second-order valence-electron chi connectivity index (χ2n) is 13.1. The second kappa shape index (κ2) is 12.6. The zero-order valence-electron chi connectivity index (χ0n) is 28.1. The normalized spacial score (nSPS) is 14.3. The van der Waals surface area contributed by atoms with Crippen molar-refractivity contribution < 1.29 is 0 Å². The van der Waals surface area contributed by atoms with Gasteiger partial charge in [-0.1, -0.05) is 140 Å². The van der Waals surface area contributed by atoms with Crippen LogP contribution in [0.4, 0.5) is 17.1 Å². The molecule has 10 rings (SSSR count). The molecule has 246 valence electrons. The summed E-state index contributed by atoms with van der Waals surface area (Å²) in [5.41, 5.74) is 6.52. The van der Waals surface area contributed by atoms with Crippen molar-refractivity contribution in [3.8, 4) is 0 Å². The summed E-state index contributed by atoms with van der Waals surface area (Å²) < 4.78 is 2.43. The molecule has 0 saturated carbocycles. The third-order valence-electron chi connectivity index (χ3n) is 9.86. The van der Waals surface area contributed by atoms with Crippen LogP contribution in [0.1, 0.15) is 22.9 Å². The molecule has 0 spiro atoms. The van der Waals surface area contributed by atoms with Gasteiger partial charge in [-0.25, -0.2) is 9.98 Å². The van der Waals surface area contributed by atoms with Crippen molar-refractivity contribution in [3.05, 3.63) is 199 Å². The van der Waals surface area contributed by atoms with E-state index >= 15 is 0 Å². The topological polar surface area (TPSA) is 40.0 Å². The summed E-state index contributed by atoms with van der Waals surface area (Å²) in [7, 11) is 0. The summed E-state index contributed by atoms with van der Waals surface area (Å²) in [6, 6.07) is 64.5. The molecule has 0 fully saturated rings. The van der Waals surface area contributed by atoms with Gasteiger partial charge in [-0.05, 0) is 69.6 Å². The quantitative estimate of drug-likeness (QED) is 0.189. The number of hydrogen-bond donors (Lipinski definition) is 1.